The average Bonchev–Trinajstić information content (AvgIpc) is 3.12. The van der Waals surface area contributed by atoms with Gasteiger partial charge in [0.05, 0.1) is 29.2 Å². The number of hydrogen-bond acceptors (Lipinski definition) is 4. The molecule has 2 aromatic rings. The smallest absolute Gasteiger partial charge is 0.255 e. The highest BCUT2D eigenvalue weighted by Crippen LogP contribution is 2.19. The van der Waals surface area contributed by atoms with Crippen LogP contribution in [-0.2, 0) is 0 Å². The summed E-state index contributed by atoms with van der Waals surface area (Å²) in [6.07, 6.45) is 3.70. The first-order valence-electron chi connectivity index (χ1n) is 8.41. The molecule has 0 spiro atoms. The van der Waals surface area contributed by atoms with E-state index >= 15 is 0 Å². The highest BCUT2D eigenvalue weighted by atomic mass is 16.3. The van der Waals surface area contributed by atoms with E-state index in [0.717, 1.165) is 6.42 Å². The summed E-state index contributed by atoms with van der Waals surface area (Å²) in [5.74, 6) is 1.07. The lowest BCUT2D eigenvalue weighted by molar-refractivity contribution is 0.0859. The van der Waals surface area contributed by atoms with Crippen LogP contribution in [0.25, 0.3) is 0 Å². The SMILES string of the molecule is Cc1occc1C(=O)NC[C@](C)(CC(C)C)NC(=O)c1ccoc1C. The van der Waals surface area contributed by atoms with Crippen molar-refractivity contribution in [3.05, 3.63) is 47.3 Å². The fourth-order valence-corrected chi connectivity index (χ4v) is 3.02. The zero-order valence-electron chi connectivity index (χ0n) is 15.4. The monoisotopic (exact) mass is 346 g/mol. The van der Waals surface area contributed by atoms with E-state index in [-0.39, 0.29) is 11.8 Å². The van der Waals surface area contributed by atoms with Crippen LogP contribution in [0.5, 0.6) is 0 Å². The Hall–Kier alpha value is -2.50. The van der Waals surface area contributed by atoms with Gasteiger partial charge in [-0.15, -0.1) is 0 Å². The lowest BCUT2D eigenvalue weighted by Gasteiger charge is -2.32. The van der Waals surface area contributed by atoms with E-state index in [1.54, 1.807) is 26.0 Å². The van der Waals surface area contributed by atoms with Crippen LogP contribution in [0, 0.1) is 19.8 Å². The molecule has 0 radical (unpaired) electrons. The third-order valence-corrected chi connectivity index (χ3v) is 4.12. The summed E-state index contributed by atoms with van der Waals surface area (Å²) in [4.78, 5) is 24.9. The Bertz CT molecular complexity index is 744. The second kappa shape index (κ2) is 7.59. The molecule has 6 nitrogen and oxygen atoms in total. The Labute approximate surface area is 148 Å². The van der Waals surface area contributed by atoms with Gasteiger partial charge in [0.2, 0.25) is 0 Å². The summed E-state index contributed by atoms with van der Waals surface area (Å²) in [7, 11) is 0. The molecule has 25 heavy (non-hydrogen) atoms. The molecule has 136 valence electrons. The molecule has 0 unspecified atom stereocenters. The van der Waals surface area contributed by atoms with E-state index < -0.39 is 5.54 Å². The van der Waals surface area contributed by atoms with Gasteiger partial charge in [0.1, 0.15) is 11.5 Å². The van der Waals surface area contributed by atoms with Gasteiger partial charge in [-0.05, 0) is 45.2 Å². The quantitative estimate of drug-likeness (QED) is 0.804. The van der Waals surface area contributed by atoms with Gasteiger partial charge in [0, 0.05) is 6.54 Å². The summed E-state index contributed by atoms with van der Waals surface area (Å²) in [5, 5.41) is 5.95. The van der Waals surface area contributed by atoms with Gasteiger partial charge in [-0.25, -0.2) is 0 Å². The minimum atomic E-state index is -0.581. The predicted molar refractivity (Wildman–Crippen MR) is 94.5 cm³/mol. The fraction of sp³-hybridized carbons (Fsp3) is 0.474. The van der Waals surface area contributed by atoms with Crippen molar-refractivity contribution in [3.8, 4) is 0 Å². The highest BCUT2D eigenvalue weighted by molar-refractivity contribution is 5.96. The van der Waals surface area contributed by atoms with Gasteiger partial charge in [-0.2, -0.15) is 0 Å². The lowest BCUT2D eigenvalue weighted by Crippen LogP contribution is -2.54. The molecule has 2 heterocycles. The molecule has 2 rings (SSSR count). The summed E-state index contributed by atoms with van der Waals surface area (Å²) < 4.78 is 10.4. The van der Waals surface area contributed by atoms with E-state index in [9.17, 15) is 9.59 Å². The normalized spacial score (nSPS) is 13.5. The largest absolute Gasteiger partial charge is 0.469 e. The summed E-state index contributed by atoms with van der Waals surface area (Å²) >= 11 is 0. The number of furan rings is 2. The average molecular weight is 346 g/mol. The van der Waals surface area contributed by atoms with Gasteiger partial charge in [-0.3, -0.25) is 9.59 Å². The van der Waals surface area contributed by atoms with Crippen LogP contribution >= 0.6 is 0 Å². The molecule has 2 N–H and O–H groups in total. The van der Waals surface area contributed by atoms with Crippen molar-refractivity contribution in [1.82, 2.24) is 10.6 Å². The molecular weight excluding hydrogens is 320 g/mol. The van der Waals surface area contributed by atoms with Gasteiger partial charge in [-0.1, -0.05) is 13.8 Å². The fourth-order valence-electron chi connectivity index (χ4n) is 3.02. The van der Waals surface area contributed by atoms with Gasteiger partial charge in [0.25, 0.3) is 11.8 Å². The van der Waals surface area contributed by atoms with E-state index in [1.165, 1.54) is 12.5 Å². The van der Waals surface area contributed by atoms with Crippen molar-refractivity contribution in [3.63, 3.8) is 0 Å². The second-order valence-corrected chi connectivity index (χ2v) is 7.08. The van der Waals surface area contributed by atoms with Crippen LogP contribution in [0.15, 0.2) is 33.5 Å². The van der Waals surface area contributed by atoms with Crippen LogP contribution in [0.1, 0.15) is 59.4 Å². The molecule has 0 aliphatic heterocycles. The number of hydrogen-bond donors (Lipinski definition) is 2. The molecule has 0 bridgehead atoms. The van der Waals surface area contributed by atoms with Crippen LogP contribution in [-0.4, -0.2) is 23.9 Å². The van der Waals surface area contributed by atoms with E-state index in [4.69, 9.17) is 8.83 Å². The first-order chi connectivity index (χ1) is 11.7. The zero-order chi connectivity index (χ0) is 18.6. The van der Waals surface area contributed by atoms with Gasteiger partial charge >= 0.3 is 0 Å². The number of carbonyl (C=O) groups excluding carboxylic acids is 2. The summed E-state index contributed by atoms with van der Waals surface area (Å²) in [5.41, 5.74) is 0.429. The standard InChI is InChI=1S/C19H26N2O4/c1-12(2)10-19(5,21-18(23)16-7-9-25-14(16)4)11-20-17(22)15-6-8-24-13(15)3/h6-9,12H,10-11H2,1-5H3,(H,20,22)(H,21,23)/t19-/m0/s1. The molecule has 0 saturated heterocycles. The summed E-state index contributed by atoms with van der Waals surface area (Å²) in [6.45, 7) is 9.90. The van der Waals surface area contributed by atoms with Crippen molar-refractivity contribution in [2.75, 3.05) is 6.54 Å². The molecule has 0 aliphatic carbocycles. The molecule has 0 fully saturated rings. The maximum atomic E-state index is 12.6. The van der Waals surface area contributed by atoms with Gasteiger partial charge in [0.15, 0.2) is 0 Å². The minimum absolute atomic E-state index is 0.205. The maximum absolute atomic E-state index is 12.6. The maximum Gasteiger partial charge on any atom is 0.255 e. The number of aryl methyl sites for hydroxylation is 2. The van der Waals surface area contributed by atoms with Crippen molar-refractivity contribution in [2.24, 2.45) is 5.92 Å². The zero-order valence-corrected chi connectivity index (χ0v) is 15.4. The summed E-state index contributed by atoms with van der Waals surface area (Å²) in [6, 6.07) is 3.28. The van der Waals surface area contributed by atoms with Crippen LogP contribution in [0.2, 0.25) is 0 Å². The molecule has 2 amide bonds. The predicted octanol–water partition coefficient (Wildman–Crippen LogP) is 3.45. The van der Waals surface area contributed by atoms with E-state index in [0.29, 0.717) is 35.1 Å². The molecule has 2 aromatic heterocycles. The Kier molecular flexibility index (Phi) is 5.72. The van der Waals surface area contributed by atoms with E-state index in [2.05, 4.69) is 24.5 Å². The third kappa shape index (κ3) is 4.75. The molecule has 0 aliphatic rings. The Morgan fingerprint density at radius 2 is 1.56 bits per heavy atom. The first kappa shape index (κ1) is 18.8. The molecule has 1 atom stereocenters. The molecule has 6 heteroatoms. The number of amides is 2. The molecule has 0 saturated carbocycles. The Balaban J connectivity index is 2.08. The second-order valence-electron chi connectivity index (χ2n) is 7.08. The Morgan fingerprint density at radius 1 is 1.04 bits per heavy atom. The lowest BCUT2D eigenvalue weighted by atomic mass is 9.90. The number of rotatable bonds is 7. The van der Waals surface area contributed by atoms with Crippen molar-refractivity contribution in [1.29, 1.82) is 0 Å². The molecule has 0 aromatic carbocycles. The van der Waals surface area contributed by atoms with E-state index in [1.807, 2.05) is 6.92 Å². The molecular formula is C19H26N2O4. The van der Waals surface area contributed by atoms with Crippen molar-refractivity contribution >= 4 is 11.8 Å². The van der Waals surface area contributed by atoms with Crippen LogP contribution < -0.4 is 10.6 Å². The van der Waals surface area contributed by atoms with Gasteiger partial charge < -0.3 is 19.5 Å². The van der Waals surface area contributed by atoms with Crippen molar-refractivity contribution in [2.45, 2.75) is 46.6 Å². The topological polar surface area (TPSA) is 84.5 Å². The van der Waals surface area contributed by atoms with Crippen LogP contribution in [0.3, 0.4) is 0 Å². The van der Waals surface area contributed by atoms with Crippen molar-refractivity contribution < 1.29 is 18.4 Å². The minimum Gasteiger partial charge on any atom is -0.469 e. The third-order valence-electron chi connectivity index (χ3n) is 4.12. The highest BCUT2D eigenvalue weighted by Gasteiger charge is 2.30. The number of nitrogens with one attached hydrogen (secondary N) is 2. The first-order valence-corrected chi connectivity index (χ1v) is 8.41. The Morgan fingerprint density at radius 3 is 2.00 bits per heavy atom. The number of carbonyl (C=O) groups is 2. The van der Waals surface area contributed by atoms with Crippen LogP contribution in [0.4, 0.5) is 0 Å².